The van der Waals surface area contributed by atoms with E-state index in [2.05, 4.69) is 10.6 Å². The first-order valence-electron chi connectivity index (χ1n) is 12.8. The summed E-state index contributed by atoms with van der Waals surface area (Å²) in [5.74, 6) is 1.22. The Bertz CT molecular complexity index is 1450. The molecule has 1 saturated heterocycles. The summed E-state index contributed by atoms with van der Waals surface area (Å²) in [5, 5.41) is 7.67. The molecule has 1 fully saturated rings. The van der Waals surface area contributed by atoms with Crippen LogP contribution in [0.1, 0.15) is 35.2 Å². The molecule has 3 aromatic rings. The maximum absolute atomic E-state index is 14.0. The Morgan fingerprint density at radius 3 is 2.59 bits per heavy atom. The van der Waals surface area contributed by atoms with E-state index < -0.39 is 17.7 Å². The van der Waals surface area contributed by atoms with Gasteiger partial charge in [-0.3, -0.25) is 4.79 Å². The van der Waals surface area contributed by atoms with Crippen molar-refractivity contribution in [2.24, 2.45) is 5.92 Å². The van der Waals surface area contributed by atoms with E-state index >= 15 is 0 Å². The van der Waals surface area contributed by atoms with E-state index in [9.17, 15) is 4.79 Å². The van der Waals surface area contributed by atoms with Crippen LogP contribution in [0.4, 0.5) is 5.69 Å². The van der Waals surface area contributed by atoms with Gasteiger partial charge in [0.1, 0.15) is 11.7 Å². The number of anilines is 1. The highest BCUT2D eigenvalue weighted by Crippen LogP contribution is 2.49. The number of rotatable bonds is 7. The molecule has 3 atom stereocenters. The highest BCUT2D eigenvalue weighted by atomic mass is 35.5. The first-order chi connectivity index (χ1) is 18.6. The summed E-state index contributed by atoms with van der Waals surface area (Å²) in [6, 6.07) is 16.9. The van der Waals surface area contributed by atoms with E-state index in [0.717, 1.165) is 27.9 Å². The van der Waals surface area contributed by atoms with Crippen LogP contribution in [0.5, 0.6) is 17.2 Å². The minimum atomic E-state index is -1.05. The van der Waals surface area contributed by atoms with Gasteiger partial charge in [0.2, 0.25) is 5.91 Å². The summed E-state index contributed by atoms with van der Waals surface area (Å²) >= 11 is 12.2. The van der Waals surface area contributed by atoms with Crippen molar-refractivity contribution in [3.8, 4) is 17.2 Å². The third kappa shape index (κ3) is 4.99. The smallest absolute Gasteiger partial charge is 0.236 e. The molecule has 2 aliphatic heterocycles. The van der Waals surface area contributed by atoms with Crippen molar-refractivity contribution < 1.29 is 19.0 Å². The summed E-state index contributed by atoms with van der Waals surface area (Å²) in [4.78, 5) is 16.0. The maximum Gasteiger partial charge on any atom is 0.236 e. The molecular formula is C30H32ClN3O4S. The Kier molecular flexibility index (Phi) is 7.35. The molecule has 1 amide bonds. The molecule has 0 radical (unpaired) electrons. The van der Waals surface area contributed by atoms with E-state index in [4.69, 9.17) is 38.0 Å². The van der Waals surface area contributed by atoms with Crippen LogP contribution in [0.15, 0.2) is 54.6 Å². The Balaban J connectivity index is 1.49. The number of carbonyl (C=O) groups is 1. The lowest BCUT2D eigenvalue weighted by molar-refractivity contribution is -0.149. The summed E-state index contributed by atoms with van der Waals surface area (Å²) < 4.78 is 17.5. The molecule has 5 rings (SSSR count). The summed E-state index contributed by atoms with van der Waals surface area (Å²) in [5.41, 5.74) is 3.69. The van der Waals surface area contributed by atoms with Crippen LogP contribution in [0.2, 0.25) is 5.02 Å². The fourth-order valence-corrected chi connectivity index (χ4v) is 6.17. The zero-order valence-electron chi connectivity index (χ0n) is 22.6. The minimum absolute atomic E-state index is 0.161. The van der Waals surface area contributed by atoms with E-state index in [-0.39, 0.29) is 5.91 Å². The van der Waals surface area contributed by atoms with E-state index in [1.165, 1.54) is 0 Å². The van der Waals surface area contributed by atoms with Crippen LogP contribution in [-0.2, 0) is 11.2 Å². The van der Waals surface area contributed by atoms with Gasteiger partial charge < -0.3 is 29.7 Å². The second-order valence-corrected chi connectivity index (χ2v) is 11.0. The number of aryl methyl sites for hydroxylation is 2. The number of halogens is 1. The standard InChI is InChI=1S/C30H32ClN3O4S/c1-17-6-9-22(18(2)14-17)32-28(35)26-27-21-16-20(31)8-11-23(21)38-30(26,3)34(29(39)33-27)13-12-19-7-10-24(36-4)25(15-19)37-5/h6-11,14-16,26-27H,12-13H2,1-5H3,(H,32,35)(H,33,39)/t26-,27-,30-/m0/s1. The molecule has 9 heteroatoms. The molecule has 2 bridgehead atoms. The molecule has 2 heterocycles. The van der Waals surface area contributed by atoms with Gasteiger partial charge in [-0.05, 0) is 86.9 Å². The van der Waals surface area contributed by atoms with Crippen molar-refractivity contribution in [1.82, 2.24) is 10.2 Å². The third-order valence-electron chi connectivity index (χ3n) is 7.59. The van der Waals surface area contributed by atoms with Gasteiger partial charge in [0, 0.05) is 22.8 Å². The summed E-state index contributed by atoms with van der Waals surface area (Å²) in [6.07, 6.45) is 0.644. The number of thiocarbonyl (C=S) groups is 1. The van der Waals surface area contributed by atoms with Crippen LogP contribution in [0.3, 0.4) is 0 Å². The maximum atomic E-state index is 14.0. The number of amides is 1. The lowest BCUT2D eigenvalue weighted by Gasteiger charge is -2.56. The number of hydrogen-bond donors (Lipinski definition) is 2. The lowest BCUT2D eigenvalue weighted by atomic mass is 9.78. The molecule has 204 valence electrons. The fourth-order valence-electron chi connectivity index (χ4n) is 5.59. The van der Waals surface area contributed by atoms with Crippen molar-refractivity contribution in [1.29, 1.82) is 0 Å². The van der Waals surface area contributed by atoms with Gasteiger partial charge in [0.05, 0.1) is 20.3 Å². The Morgan fingerprint density at radius 1 is 1.10 bits per heavy atom. The molecule has 0 unspecified atom stereocenters. The van der Waals surface area contributed by atoms with Gasteiger partial charge in [-0.25, -0.2) is 0 Å². The van der Waals surface area contributed by atoms with Crippen LogP contribution < -0.4 is 24.8 Å². The van der Waals surface area contributed by atoms with Crippen LogP contribution >= 0.6 is 23.8 Å². The number of carbonyl (C=O) groups excluding carboxylic acids is 1. The van der Waals surface area contributed by atoms with E-state index in [1.807, 2.05) is 74.2 Å². The Labute approximate surface area is 239 Å². The number of hydrogen-bond acceptors (Lipinski definition) is 5. The van der Waals surface area contributed by atoms with Gasteiger partial charge in [0.15, 0.2) is 22.3 Å². The lowest BCUT2D eigenvalue weighted by Crippen LogP contribution is -2.71. The summed E-state index contributed by atoms with van der Waals surface area (Å²) in [7, 11) is 3.23. The van der Waals surface area contributed by atoms with Crippen molar-refractivity contribution in [2.75, 3.05) is 26.1 Å². The predicted molar refractivity (Wildman–Crippen MR) is 157 cm³/mol. The molecule has 7 nitrogen and oxygen atoms in total. The molecule has 2 N–H and O–H groups in total. The average molecular weight is 566 g/mol. The number of fused-ring (bicyclic) bond motifs is 4. The van der Waals surface area contributed by atoms with Gasteiger partial charge in [0.25, 0.3) is 0 Å². The highest BCUT2D eigenvalue weighted by molar-refractivity contribution is 7.80. The Hall–Kier alpha value is -3.49. The normalized spacial score (nSPS) is 21.4. The van der Waals surface area contributed by atoms with Crippen molar-refractivity contribution in [3.63, 3.8) is 0 Å². The van der Waals surface area contributed by atoms with Gasteiger partial charge in [-0.1, -0.05) is 35.4 Å². The Morgan fingerprint density at radius 2 is 1.87 bits per heavy atom. The molecule has 3 aromatic carbocycles. The second kappa shape index (κ2) is 10.6. The number of nitrogens with one attached hydrogen (secondary N) is 2. The number of ether oxygens (including phenoxy) is 3. The van der Waals surface area contributed by atoms with E-state index in [0.29, 0.717) is 40.3 Å². The predicted octanol–water partition coefficient (Wildman–Crippen LogP) is 5.81. The van der Waals surface area contributed by atoms with Crippen molar-refractivity contribution >= 4 is 40.5 Å². The van der Waals surface area contributed by atoms with Gasteiger partial charge >= 0.3 is 0 Å². The number of benzene rings is 3. The zero-order chi connectivity index (χ0) is 27.9. The largest absolute Gasteiger partial charge is 0.493 e. The molecule has 39 heavy (non-hydrogen) atoms. The third-order valence-corrected chi connectivity index (χ3v) is 8.16. The topological polar surface area (TPSA) is 72.1 Å². The van der Waals surface area contributed by atoms with Gasteiger partial charge in [-0.2, -0.15) is 0 Å². The quantitative estimate of drug-likeness (QED) is 0.350. The highest BCUT2D eigenvalue weighted by Gasteiger charge is 2.58. The molecule has 2 aliphatic rings. The number of nitrogens with zero attached hydrogens (tertiary/aromatic N) is 1. The molecular weight excluding hydrogens is 534 g/mol. The molecule has 0 aliphatic carbocycles. The van der Waals surface area contributed by atoms with Crippen LogP contribution in [0.25, 0.3) is 0 Å². The van der Waals surface area contributed by atoms with Crippen LogP contribution in [-0.4, -0.2) is 42.4 Å². The zero-order valence-corrected chi connectivity index (χ0v) is 24.2. The van der Waals surface area contributed by atoms with E-state index in [1.54, 1.807) is 20.3 Å². The first kappa shape index (κ1) is 27.1. The average Bonchev–Trinajstić information content (AvgIpc) is 2.90. The summed E-state index contributed by atoms with van der Waals surface area (Å²) in [6.45, 7) is 6.47. The van der Waals surface area contributed by atoms with Crippen molar-refractivity contribution in [2.45, 2.75) is 39.0 Å². The molecule has 0 aromatic heterocycles. The minimum Gasteiger partial charge on any atom is -0.493 e. The second-order valence-electron chi connectivity index (χ2n) is 10.1. The fraction of sp³-hybridized carbons (Fsp3) is 0.333. The van der Waals surface area contributed by atoms with Crippen LogP contribution in [0, 0.1) is 19.8 Å². The van der Waals surface area contributed by atoms with Gasteiger partial charge in [-0.15, -0.1) is 0 Å². The monoisotopic (exact) mass is 565 g/mol. The molecule has 0 saturated carbocycles. The molecule has 0 spiro atoms. The number of methoxy groups -OCH3 is 2. The van der Waals surface area contributed by atoms with Crippen molar-refractivity contribution in [3.05, 3.63) is 81.9 Å². The SMILES string of the molecule is COc1ccc(CCN2C(=S)N[C@H]3c4cc(Cl)ccc4O[C@@]2(C)[C@@H]3C(=O)Nc2ccc(C)cc2C)cc1OC. The first-order valence-corrected chi connectivity index (χ1v) is 13.6.